The first-order valence-electron chi connectivity index (χ1n) is 5.82. The molecular formula is C13H16F3NOSi. The van der Waals surface area contributed by atoms with Crippen LogP contribution in [0.1, 0.15) is 12.0 Å². The number of nitriles is 1. The molecule has 0 saturated carbocycles. The molecule has 104 valence electrons. The van der Waals surface area contributed by atoms with Crippen molar-refractivity contribution in [1.82, 2.24) is 0 Å². The summed E-state index contributed by atoms with van der Waals surface area (Å²) in [4.78, 5) is 0. The summed E-state index contributed by atoms with van der Waals surface area (Å²) in [5, 5.41) is 8.81. The van der Waals surface area contributed by atoms with Crippen molar-refractivity contribution in [2.45, 2.75) is 37.8 Å². The third-order valence-electron chi connectivity index (χ3n) is 2.51. The molecule has 0 fully saturated rings. The average molecular weight is 287 g/mol. The molecule has 0 bridgehead atoms. The van der Waals surface area contributed by atoms with Gasteiger partial charge in [-0.2, -0.15) is 18.4 Å². The third kappa shape index (κ3) is 3.58. The van der Waals surface area contributed by atoms with E-state index in [0.717, 1.165) is 0 Å². The molecule has 1 aromatic carbocycles. The molecule has 0 heterocycles. The van der Waals surface area contributed by atoms with Gasteiger partial charge in [0.05, 0.1) is 12.5 Å². The van der Waals surface area contributed by atoms with Crippen molar-refractivity contribution in [3.05, 3.63) is 35.9 Å². The van der Waals surface area contributed by atoms with Crippen LogP contribution < -0.4 is 0 Å². The molecule has 0 aliphatic heterocycles. The second kappa shape index (κ2) is 5.35. The summed E-state index contributed by atoms with van der Waals surface area (Å²) in [5.74, 6) is 0. The SMILES string of the molecule is C[Si](C)(C)OC(CC#N)(c1ccccc1)C(F)(F)F. The largest absolute Gasteiger partial charge is 0.421 e. The van der Waals surface area contributed by atoms with E-state index >= 15 is 0 Å². The van der Waals surface area contributed by atoms with E-state index in [2.05, 4.69) is 0 Å². The topological polar surface area (TPSA) is 33.0 Å². The van der Waals surface area contributed by atoms with Crippen molar-refractivity contribution in [2.75, 3.05) is 0 Å². The maximum atomic E-state index is 13.5. The van der Waals surface area contributed by atoms with Crippen LogP contribution in [-0.4, -0.2) is 14.5 Å². The molecule has 2 nitrogen and oxygen atoms in total. The fourth-order valence-corrected chi connectivity index (χ4v) is 3.21. The highest BCUT2D eigenvalue weighted by molar-refractivity contribution is 6.69. The second-order valence-electron chi connectivity index (χ2n) is 5.24. The van der Waals surface area contributed by atoms with Gasteiger partial charge >= 0.3 is 6.18 Å². The molecule has 1 rings (SSSR count). The summed E-state index contributed by atoms with van der Waals surface area (Å²) in [6, 6.07) is 8.98. The molecule has 0 radical (unpaired) electrons. The third-order valence-corrected chi connectivity index (χ3v) is 3.47. The fourth-order valence-electron chi connectivity index (χ4n) is 1.86. The normalized spacial score (nSPS) is 15.6. The maximum absolute atomic E-state index is 13.5. The van der Waals surface area contributed by atoms with Crippen LogP contribution >= 0.6 is 0 Å². The van der Waals surface area contributed by atoms with E-state index in [1.54, 1.807) is 31.8 Å². The van der Waals surface area contributed by atoms with Crippen molar-refractivity contribution >= 4 is 8.32 Å². The van der Waals surface area contributed by atoms with E-state index in [9.17, 15) is 13.2 Å². The number of nitrogens with zero attached hydrogens (tertiary/aromatic N) is 1. The lowest BCUT2D eigenvalue weighted by atomic mass is 9.90. The van der Waals surface area contributed by atoms with Crippen molar-refractivity contribution in [2.24, 2.45) is 0 Å². The van der Waals surface area contributed by atoms with Crippen molar-refractivity contribution in [1.29, 1.82) is 5.26 Å². The minimum absolute atomic E-state index is 0.0218. The van der Waals surface area contributed by atoms with Gasteiger partial charge in [0.2, 0.25) is 0 Å². The molecule has 19 heavy (non-hydrogen) atoms. The molecule has 0 N–H and O–H groups in total. The smallest absolute Gasteiger partial charge is 0.400 e. The zero-order chi connectivity index (χ0) is 14.7. The summed E-state index contributed by atoms with van der Waals surface area (Å²) in [5.41, 5.74) is -2.56. The van der Waals surface area contributed by atoms with Gasteiger partial charge in [0, 0.05) is 0 Å². The number of halogens is 3. The van der Waals surface area contributed by atoms with Gasteiger partial charge in [0.15, 0.2) is 13.9 Å². The molecule has 0 aliphatic carbocycles. The highest BCUT2D eigenvalue weighted by atomic mass is 28.4. The Morgan fingerprint density at radius 2 is 1.68 bits per heavy atom. The van der Waals surface area contributed by atoms with Crippen LogP contribution in [0.15, 0.2) is 30.3 Å². The Morgan fingerprint density at radius 1 is 1.16 bits per heavy atom. The van der Waals surface area contributed by atoms with E-state index in [4.69, 9.17) is 9.69 Å². The Balaban J connectivity index is 3.42. The van der Waals surface area contributed by atoms with E-state index in [-0.39, 0.29) is 5.56 Å². The first-order valence-corrected chi connectivity index (χ1v) is 9.22. The van der Waals surface area contributed by atoms with E-state index < -0.39 is 26.5 Å². The zero-order valence-electron chi connectivity index (χ0n) is 11.1. The van der Waals surface area contributed by atoms with Gasteiger partial charge in [-0.15, -0.1) is 0 Å². The molecule has 1 unspecified atom stereocenters. The van der Waals surface area contributed by atoms with Crippen LogP contribution in [0, 0.1) is 11.3 Å². The van der Waals surface area contributed by atoms with Gasteiger partial charge in [-0.05, 0) is 25.2 Å². The van der Waals surface area contributed by atoms with Gasteiger partial charge in [-0.1, -0.05) is 30.3 Å². The number of hydrogen-bond donors (Lipinski definition) is 0. The highest BCUT2D eigenvalue weighted by Gasteiger charge is 2.58. The number of alkyl halides is 3. The molecule has 1 aromatic rings. The Labute approximate surface area is 111 Å². The summed E-state index contributed by atoms with van der Waals surface area (Å²) >= 11 is 0. The number of hydrogen-bond acceptors (Lipinski definition) is 2. The average Bonchev–Trinajstić information content (AvgIpc) is 2.26. The van der Waals surface area contributed by atoms with E-state index in [0.29, 0.717) is 0 Å². The van der Waals surface area contributed by atoms with Crippen molar-refractivity contribution < 1.29 is 17.6 Å². The van der Waals surface area contributed by atoms with Crippen LogP contribution in [0.2, 0.25) is 19.6 Å². The fraction of sp³-hybridized carbons (Fsp3) is 0.462. The summed E-state index contributed by atoms with van der Waals surface area (Å²) in [6.07, 6.45) is -5.38. The quantitative estimate of drug-likeness (QED) is 0.777. The molecule has 0 aliphatic rings. The molecule has 0 saturated heterocycles. The zero-order valence-corrected chi connectivity index (χ0v) is 12.1. The van der Waals surface area contributed by atoms with Gasteiger partial charge in [0.25, 0.3) is 0 Å². The first kappa shape index (κ1) is 15.7. The lowest BCUT2D eigenvalue weighted by Crippen LogP contribution is -2.50. The van der Waals surface area contributed by atoms with E-state index in [1.807, 2.05) is 0 Å². The molecular weight excluding hydrogens is 271 g/mol. The van der Waals surface area contributed by atoms with Gasteiger partial charge in [-0.3, -0.25) is 0 Å². The lowest BCUT2D eigenvalue weighted by Gasteiger charge is -2.39. The molecule has 0 aromatic heterocycles. The van der Waals surface area contributed by atoms with Gasteiger partial charge in [-0.25, -0.2) is 0 Å². The minimum Gasteiger partial charge on any atom is -0.400 e. The second-order valence-corrected chi connectivity index (χ2v) is 9.67. The summed E-state index contributed by atoms with van der Waals surface area (Å²) < 4.78 is 46.0. The molecule has 0 amide bonds. The van der Waals surface area contributed by atoms with Crippen LogP contribution in [0.3, 0.4) is 0 Å². The standard InChI is InChI=1S/C13H16F3NOSi/c1-19(2,3)18-12(9-10-17,13(14,15)16)11-7-5-4-6-8-11/h4-8H,9H2,1-3H3. The van der Waals surface area contributed by atoms with E-state index in [1.165, 1.54) is 24.3 Å². The van der Waals surface area contributed by atoms with Crippen molar-refractivity contribution in [3.63, 3.8) is 0 Å². The monoisotopic (exact) mass is 287 g/mol. The van der Waals surface area contributed by atoms with Crippen LogP contribution in [0.4, 0.5) is 13.2 Å². The Kier molecular flexibility index (Phi) is 4.43. The van der Waals surface area contributed by atoms with Gasteiger partial charge < -0.3 is 4.43 Å². The maximum Gasteiger partial charge on any atom is 0.421 e. The molecule has 1 atom stereocenters. The minimum atomic E-state index is -4.63. The predicted molar refractivity (Wildman–Crippen MR) is 68.8 cm³/mol. The predicted octanol–water partition coefficient (Wildman–Crippen LogP) is 4.21. The lowest BCUT2D eigenvalue weighted by molar-refractivity contribution is -0.256. The van der Waals surface area contributed by atoms with Crippen LogP contribution in [0.25, 0.3) is 0 Å². The van der Waals surface area contributed by atoms with Crippen LogP contribution in [-0.2, 0) is 10.0 Å². The highest BCUT2D eigenvalue weighted by Crippen LogP contribution is 2.46. The van der Waals surface area contributed by atoms with Crippen LogP contribution in [0.5, 0.6) is 0 Å². The molecule has 6 heteroatoms. The number of benzene rings is 1. The first-order chi connectivity index (χ1) is 8.62. The Morgan fingerprint density at radius 3 is 2.05 bits per heavy atom. The van der Waals surface area contributed by atoms with Gasteiger partial charge in [0.1, 0.15) is 0 Å². The Bertz CT molecular complexity index is 462. The number of rotatable bonds is 4. The Hall–Kier alpha value is -1.32. The summed E-state index contributed by atoms with van der Waals surface area (Å²) in [7, 11) is -2.49. The van der Waals surface area contributed by atoms with Crippen molar-refractivity contribution in [3.8, 4) is 6.07 Å². The molecule has 0 spiro atoms. The summed E-state index contributed by atoms with van der Waals surface area (Å²) in [6.45, 7) is 5.02.